The standard InChI is InChI=1S/C21H15ClN2O/c22-17-12-10-16(11-13-17)21(15-6-2-1-3-7-15)24-19-9-5-4-8-18(19)20(25)14-23-24/h1-14,21H. The van der Waals surface area contributed by atoms with Gasteiger partial charge in [0, 0.05) is 10.4 Å². The molecule has 122 valence electrons. The summed E-state index contributed by atoms with van der Waals surface area (Å²) in [4.78, 5) is 12.2. The smallest absolute Gasteiger partial charge is 0.207 e. The van der Waals surface area contributed by atoms with Crippen molar-refractivity contribution in [3.63, 3.8) is 0 Å². The fourth-order valence-electron chi connectivity index (χ4n) is 3.09. The number of halogens is 1. The largest absolute Gasteiger partial charge is 0.287 e. The van der Waals surface area contributed by atoms with Gasteiger partial charge in [0.25, 0.3) is 0 Å². The van der Waals surface area contributed by atoms with E-state index in [0.29, 0.717) is 10.4 Å². The van der Waals surface area contributed by atoms with Crippen molar-refractivity contribution < 1.29 is 0 Å². The third-order valence-corrected chi connectivity index (χ3v) is 4.51. The quantitative estimate of drug-likeness (QED) is 0.539. The first-order valence-electron chi connectivity index (χ1n) is 8.01. The normalized spacial score (nSPS) is 12.2. The maximum Gasteiger partial charge on any atom is 0.207 e. The van der Waals surface area contributed by atoms with E-state index in [9.17, 15) is 4.79 Å². The van der Waals surface area contributed by atoms with E-state index in [2.05, 4.69) is 17.2 Å². The molecule has 0 fully saturated rings. The summed E-state index contributed by atoms with van der Waals surface area (Å²) < 4.78 is 1.90. The Balaban J connectivity index is 2.01. The highest BCUT2D eigenvalue weighted by Gasteiger charge is 2.19. The third kappa shape index (κ3) is 2.94. The second-order valence-corrected chi connectivity index (χ2v) is 6.27. The molecule has 4 rings (SSSR count). The van der Waals surface area contributed by atoms with Crippen molar-refractivity contribution >= 4 is 22.5 Å². The molecule has 1 atom stereocenters. The van der Waals surface area contributed by atoms with Crippen LogP contribution in [0.3, 0.4) is 0 Å². The van der Waals surface area contributed by atoms with E-state index in [1.807, 2.05) is 71.4 Å². The minimum Gasteiger partial charge on any atom is -0.287 e. The highest BCUT2D eigenvalue weighted by Crippen LogP contribution is 2.29. The molecular weight excluding hydrogens is 332 g/mol. The lowest BCUT2D eigenvalue weighted by molar-refractivity contribution is 0.604. The third-order valence-electron chi connectivity index (χ3n) is 4.26. The fraction of sp³-hybridized carbons (Fsp3) is 0.0476. The van der Waals surface area contributed by atoms with Crippen molar-refractivity contribution in [3.05, 3.63) is 111 Å². The van der Waals surface area contributed by atoms with Crippen LogP contribution in [0.25, 0.3) is 10.9 Å². The number of para-hydroxylation sites is 1. The molecule has 1 unspecified atom stereocenters. The summed E-state index contributed by atoms with van der Waals surface area (Å²) in [6, 6.07) is 25.3. The zero-order valence-electron chi connectivity index (χ0n) is 13.3. The van der Waals surface area contributed by atoms with Crippen LogP contribution in [0.15, 0.2) is 89.9 Å². The molecule has 25 heavy (non-hydrogen) atoms. The Hall–Kier alpha value is -2.91. The van der Waals surface area contributed by atoms with Crippen LogP contribution in [-0.2, 0) is 0 Å². The molecule has 0 saturated heterocycles. The molecule has 4 heteroatoms. The predicted octanol–water partition coefficient (Wildman–Crippen LogP) is 4.69. The number of fused-ring (bicyclic) bond motifs is 1. The van der Waals surface area contributed by atoms with E-state index in [-0.39, 0.29) is 11.5 Å². The Labute approximate surface area is 150 Å². The van der Waals surface area contributed by atoms with Crippen LogP contribution in [0.5, 0.6) is 0 Å². The molecule has 0 amide bonds. The highest BCUT2D eigenvalue weighted by atomic mass is 35.5. The van der Waals surface area contributed by atoms with E-state index < -0.39 is 0 Å². The average molecular weight is 347 g/mol. The van der Waals surface area contributed by atoms with Crippen LogP contribution >= 0.6 is 11.6 Å². The van der Waals surface area contributed by atoms with Crippen molar-refractivity contribution in [2.45, 2.75) is 6.04 Å². The Kier molecular flexibility index (Phi) is 4.08. The van der Waals surface area contributed by atoms with Crippen LogP contribution in [-0.4, -0.2) is 9.78 Å². The molecular formula is C21H15ClN2O. The predicted molar refractivity (Wildman–Crippen MR) is 101 cm³/mol. The summed E-state index contributed by atoms with van der Waals surface area (Å²) in [5.74, 6) is 0. The van der Waals surface area contributed by atoms with Gasteiger partial charge in [0.1, 0.15) is 6.04 Å². The van der Waals surface area contributed by atoms with Crippen LogP contribution in [0.4, 0.5) is 0 Å². The summed E-state index contributed by atoms with van der Waals surface area (Å²) in [5.41, 5.74) is 2.87. The summed E-state index contributed by atoms with van der Waals surface area (Å²) in [7, 11) is 0. The van der Waals surface area contributed by atoms with Crippen LogP contribution in [0.2, 0.25) is 5.02 Å². The van der Waals surface area contributed by atoms with Gasteiger partial charge in [-0.05, 0) is 35.4 Å². The number of hydrogen-bond donors (Lipinski definition) is 0. The SMILES string of the molecule is O=c1cnn(C(c2ccccc2)c2ccc(Cl)cc2)c2ccccc12. The van der Waals surface area contributed by atoms with Crippen molar-refractivity contribution in [2.24, 2.45) is 0 Å². The zero-order valence-corrected chi connectivity index (χ0v) is 14.1. The fourth-order valence-corrected chi connectivity index (χ4v) is 3.22. The van der Waals surface area contributed by atoms with Gasteiger partial charge in [-0.25, -0.2) is 0 Å². The van der Waals surface area contributed by atoms with Crippen molar-refractivity contribution in [2.75, 3.05) is 0 Å². The molecule has 3 nitrogen and oxygen atoms in total. The van der Waals surface area contributed by atoms with E-state index >= 15 is 0 Å². The average Bonchev–Trinajstić information content (AvgIpc) is 2.66. The Bertz CT molecular complexity index is 1070. The van der Waals surface area contributed by atoms with Gasteiger partial charge < -0.3 is 0 Å². The first-order chi connectivity index (χ1) is 12.2. The van der Waals surface area contributed by atoms with E-state index in [1.165, 1.54) is 6.20 Å². The Morgan fingerprint density at radius 3 is 2.20 bits per heavy atom. The second kappa shape index (κ2) is 6.54. The molecule has 0 N–H and O–H groups in total. The first kappa shape index (κ1) is 15.6. The summed E-state index contributed by atoms with van der Waals surface area (Å²) in [6.07, 6.45) is 1.38. The van der Waals surface area contributed by atoms with Crippen LogP contribution in [0.1, 0.15) is 17.2 Å². The molecule has 0 aliphatic heterocycles. The van der Waals surface area contributed by atoms with Gasteiger partial charge in [0.15, 0.2) is 0 Å². The van der Waals surface area contributed by atoms with Gasteiger partial charge in [-0.1, -0.05) is 66.2 Å². The topological polar surface area (TPSA) is 34.9 Å². The van der Waals surface area contributed by atoms with E-state index in [0.717, 1.165) is 16.6 Å². The monoisotopic (exact) mass is 346 g/mol. The molecule has 3 aromatic carbocycles. The molecule has 1 aromatic heterocycles. The number of aromatic nitrogens is 2. The van der Waals surface area contributed by atoms with Crippen LogP contribution in [0, 0.1) is 0 Å². The maximum absolute atomic E-state index is 12.2. The van der Waals surface area contributed by atoms with Gasteiger partial charge in [-0.15, -0.1) is 0 Å². The number of nitrogens with zero attached hydrogens (tertiary/aromatic N) is 2. The molecule has 0 aliphatic carbocycles. The van der Waals surface area contributed by atoms with Gasteiger partial charge in [0.05, 0.1) is 11.7 Å². The highest BCUT2D eigenvalue weighted by molar-refractivity contribution is 6.30. The Morgan fingerprint density at radius 1 is 0.800 bits per heavy atom. The summed E-state index contributed by atoms with van der Waals surface area (Å²) in [5, 5.41) is 5.80. The number of hydrogen-bond acceptors (Lipinski definition) is 2. The molecule has 0 aliphatic rings. The molecule has 0 bridgehead atoms. The first-order valence-corrected chi connectivity index (χ1v) is 8.39. The number of benzene rings is 3. The Morgan fingerprint density at radius 2 is 1.44 bits per heavy atom. The van der Waals surface area contributed by atoms with Gasteiger partial charge in [-0.2, -0.15) is 5.10 Å². The molecule has 0 radical (unpaired) electrons. The maximum atomic E-state index is 12.2. The van der Waals surface area contributed by atoms with Crippen molar-refractivity contribution in [1.29, 1.82) is 0 Å². The second-order valence-electron chi connectivity index (χ2n) is 5.84. The summed E-state index contributed by atoms with van der Waals surface area (Å²) in [6.45, 7) is 0. The van der Waals surface area contributed by atoms with Crippen molar-refractivity contribution in [1.82, 2.24) is 9.78 Å². The van der Waals surface area contributed by atoms with E-state index in [4.69, 9.17) is 11.6 Å². The van der Waals surface area contributed by atoms with Crippen molar-refractivity contribution in [3.8, 4) is 0 Å². The molecule has 1 heterocycles. The van der Waals surface area contributed by atoms with Gasteiger partial charge in [0.2, 0.25) is 5.43 Å². The molecule has 0 saturated carbocycles. The lowest BCUT2D eigenvalue weighted by atomic mass is 9.98. The minimum absolute atomic E-state index is 0.0743. The van der Waals surface area contributed by atoms with Gasteiger partial charge >= 0.3 is 0 Å². The molecule has 0 spiro atoms. The molecule has 4 aromatic rings. The summed E-state index contributed by atoms with van der Waals surface area (Å²) >= 11 is 6.06. The lowest BCUT2D eigenvalue weighted by Gasteiger charge is -2.22. The van der Waals surface area contributed by atoms with Gasteiger partial charge in [-0.3, -0.25) is 9.48 Å². The number of rotatable bonds is 3. The van der Waals surface area contributed by atoms with E-state index in [1.54, 1.807) is 0 Å². The zero-order chi connectivity index (χ0) is 17.2. The van der Waals surface area contributed by atoms with Crippen LogP contribution < -0.4 is 5.43 Å². The minimum atomic E-state index is -0.149. The lowest BCUT2D eigenvalue weighted by Crippen LogP contribution is -2.19.